The zero-order chi connectivity index (χ0) is 16.2. The highest BCUT2D eigenvalue weighted by Crippen LogP contribution is 2.16. The molecule has 1 saturated heterocycles. The first-order valence-corrected chi connectivity index (χ1v) is 8.35. The first-order chi connectivity index (χ1) is 11.1. The van der Waals surface area contributed by atoms with Gasteiger partial charge in [0.2, 0.25) is 5.82 Å². The van der Waals surface area contributed by atoms with Crippen molar-refractivity contribution < 1.29 is 5.11 Å². The van der Waals surface area contributed by atoms with E-state index in [0.717, 1.165) is 24.6 Å². The molecule has 1 atom stereocenters. The van der Waals surface area contributed by atoms with Gasteiger partial charge in [-0.05, 0) is 44.0 Å². The first kappa shape index (κ1) is 16.1. The molecule has 1 N–H and O–H groups in total. The Labute approximate surface area is 137 Å². The lowest BCUT2D eigenvalue weighted by molar-refractivity contribution is 0.0743. The quantitative estimate of drug-likeness (QED) is 0.910. The van der Waals surface area contributed by atoms with E-state index >= 15 is 0 Å². The minimum absolute atomic E-state index is 0.380. The number of aryl methyl sites for hydroxylation is 1. The Morgan fingerprint density at radius 2 is 1.87 bits per heavy atom. The highest BCUT2D eigenvalue weighted by Gasteiger charge is 2.19. The smallest absolute Gasteiger partial charge is 0.204 e. The minimum Gasteiger partial charge on any atom is -0.390 e. The van der Waals surface area contributed by atoms with E-state index in [-0.39, 0.29) is 0 Å². The number of tetrazole rings is 1. The Balaban J connectivity index is 1.55. The van der Waals surface area contributed by atoms with Crippen LogP contribution in [0.4, 0.5) is 0 Å². The van der Waals surface area contributed by atoms with E-state index < -0.39 is 6.10 Å². The van der Waals surface area contributed by atoms with Crippen LogP contribution in [-0.2, 0) is 6.54 Å². The van der Waals surface area contributed by atoms with Crippen molar-refractivity contribution in [2.24, 2.45) is 5.92 Å². The number of piperidine rings is 1. The molecular weight excluding hydrogens is 290 g/mol. The van der Waals surface area contributed by atoms with Gasteiger partial charge < -0.3 is 10.0 Å². The van der Waals surface area contributed by atoms with E-state index in [1.807, 2.05) is 31.2 Å². The van der Waals surface area contributed by atoms with Crippen molar-refractivity contribution in [3.8, 4) is 11.4 Å². The van der Waals surface area contributed by atoms with Gasteiger partial charge in [0, 0.05) is 12.1 Å². The summed E-state index contributed by atoms with van der Waals surface area (Å²) in [5.41, 5.74) is 2.15. The SMILES string of the molecule is Cc1ccc(-c2nnn(C[C@@H](O)CN3CCC(C)CC3)n2)cc1. The van der Waals surface area contributed by atoms with Crippen LogP contribution in [0.3, 0.4) is 0 Å². The van der Waals surface area contributed by atoms with E-state index in [2.05, 4.69) is 27.2 Å². The molecule has 2 aromatic rings. The third kappa shape index (κ3) is 4.36. The normalized spacial score (nSPS) is 18.2. The topological polar surface area (TPSA) is 67.1 Å². The Hall–Kier alpha value is -1.79. The zero-order valence-corrected chi connectivity index (χ0v) is 13.9. The largest absolute Gasteiger partial charge is 0.390 e. The van der Waals surface area contributed by atoms with Gasteiger partial charge in [0.15, 0.2) is 0 Å². The van der Waals surface area contributed by atoms with E-state index in [0.29, 0.717) is 18.9 Å². The number of aromatic nitrogens is 4. The predicted molar refractivity (Wildman–Crippen MR) is 88.8 cm³/mol. The summed E-state index contributed by atoms with van der Waals surface area (Å²) >= 11 is 0. The molecule has 124 valence electrons. The van der Waals surface area contributed by atoms with Crippen molar-refractivity contribution in [3.63, 3.8) is 0 Å². The highest BCUT2D eigenvalue weighted by molar-refractivity contribution is 5.53. The van der Waals surface area contributed by atoms with Crippen molar-refractivity contribution >= 4 is 0 Å². The number of likely N-dealkylation sites (tertiary alicyclic amines) is 1. The summed E-state index contributed by atoms with van der Waals surface area (Å²) in [7, 11) is 0. The third-order valence-electron chi connectivity index (χ3n) is 4.48. The van der Waals surface area contributed by atoms with Crippen LogP contribution in [-0.4, -0.2) is 56.0 Å². The van der Waals surface area contributed by atoms with E-state index in [1.54, 1.807) is 0 Å². The van der Waals surface area contributed by atoms with Crippen LogP contribution in [0.5, 0.6) is 0 Å². The maximum absolute atomic E-state index is 10.3. The fourth-order valence-corrected chi connectivity index (χ4v) is 2.93. The number of aliphatic hydroxyl groups is 1. The van der Waals surface area contributed by atoms with Crippen LogP contribution >= 0.6 is 0 Å². The monoisotopic (exact) mass is 315 g/mol. The number of benzene rings is 1. The van der Waals surface area contributed by atoms with Crippen molar-refractivity contribution in [2.45, 2.75) is 39.3 Å². The van der Waals surface area contributed by atoms with E-state index in [9.17, 15) is 5.11 Å². The zero-order valence-electron chi connectivity index (χ0n) is 13.9. The second kappa shape index (κ2) is 7.19. The number of nitrogens with zero attached hydrogens (tertiary/aromatic N) is 5. The fraction of sp³-hybridized carbons (Fsp3) is 0.588. The Kier molecular flexibility index (Phi) is 5.03. The van der Waals surface area contributed by atoms with Crippen LogP contribution in [0, 0.1) is 12.8 Å². The molecule has 6 nitrogen and oxygen atoms in total. The van der Waals surface area contributed by atoms with Crippen molar-refractivity contribution in [1.82, 2.24) is 25.1 Å². The molecule has 0 unspecified atom stereocenters. The summed E-state index contributed by atoms with van der Waals surface area (Å²) in [6.07, 6.45) is 1.96. The van der Waals surface area contributed by atoms with Gasteiger partial charge in [0.1, 0.15) is 0 Å². The van der Waals surface area contributed by atoms with Crippen molar-refractivity contribution in [1.29, 1.82) is 0 Å². The van der Waals surface area contributed by atoms with E-state index in [4.69, 9.17) is 0 Å². The standard InChI is InChI=1S/C17H25N5O/c1-13-3-5-15(6-4-13)17-18-20-22(19-17)12-16(23)11-21-9-7-14(2)8-10-21/h3-6,14,16,23H,7-12H2,1-2H3/t16-/m0/s1. The molecule has 1 fully saturated rings. The van der Waals surface area contributed by atoms with Gasteiger partial charge in [-0.3, -0.25) is 0 Å². The van der Waals surface area contributed by atoms with Crippen molar-refractivity contribution in [3.05, 3.63) is 29.8 Å². The molecule has 0 radical (unpaired) electrons. The van der Waals surface area contributed by atoms with Crippen LogP contribution in [0.15, 0.2) is 24.3 Å². The lowest BCUT2D eigenvalue weighted by atomic mass is 9.99. The third-order valence-corrected chi connectivity index (χ3v) is 4.48. The Morgan fingerprint density at radius 3 is 2.57 bits per heavy atom. The Bertz CT molecular complexity index is 616. The van der Waals surface area contributed by atoms with Gasteiger partial charge in [-0.1, -0.05) is 36.8 Å². The Morgan fingerprint density at radius 1 is 1.17 bits per heavy atom. The van der Waals surface area contributed by atoms with Crippen LogP contribution in [0.1, 0.15) is 25.3 Å². The van der Waals surface area contributed by atoms with Gasteiger partial charge in [0.05, 0.1) is 12.6 Å². The molecule has 2 heterocycles. The minimum atomic E-state index is -0.469. The molecule has 1 aromatic heterocycles. The van der Waals surface area contributed by atoms with E-state index in [1.165, 1.54) is 23.2 Å². The van der Waals surface area contributed by atoms with Crippen molar-refractivity contribution in [2.75, 3.05) is 19.6 Å². The molecule has 0 saturated carbocycles. The maximum Gasteiger partial charge on any atom is 0.204 e. The fourth-order valence-electron chi connectivity index (χ4n) is 2.93. The summed E-state index contributed by atoms with van der Waals surface area (Å²) in [6.45, 7) is 7.53. The van der Waals surface area contributed by atoms with Crippen LogP contribution in [0.2, 0.25) is 0 Å². The highest BCUT2D eigenvalue weighted by atomic mass is 16.3. The first-order valence-electron chi connectivity index (χ1n) is 8.35. The van der Waals surface area contributed by atoms with Crippen LogP contribution < -0.4 is 0 Å². The average molecular weight is 315 g/mol. The van der Waals surface area contributed by atoms with Gasteiger partial charge in [-0.2, -0.15) is 4.80 Å². The lowest BCUT2D eigenvalue weighted by Gasteiger charge is -2.31. The molecule has 1 aliphatic heterocycles. The summed E-state index contributed by atoms with van der Waals surface area (Å²) < 4.78 is 0. The molecule has 3 rings (SSSR count). The lowest BCUT2D eigenvalue weighted by Crippen LogP contribution is -2.40. The van der Waals surface area contributed by atoms with Gasteiger partial charge >= 0.3 is 0 Å². The number of hydrogen-bond donors (Lipinski definition) is 1. The molecule has 0 aliphatic carbocycles. The number of β-amino-alcohol motifs (C(OH)–C–C–N with tert-alkyl or cyclic N) is 1. The molecule has 0 bridgehead atoms. The molecule has 0 amide bonds. The summed E-state index contributed by atoms with van der Waals surface area (Å²) in [4.78, 5) is 3.81. The molecular formula is C17H25N5O. The summed E-state index contributed by atoms with van der Waals surface area (Å²) in [5.74, 6) is 1.40. The van der Waals surface area contributed by atoms with Gasteiger partial charge in [-0.25, -0.2) is 0 Å². The van der Waals surface area contributed by atoms with Crippen LogP contribution in [0.25, 0.3) is 11.4 Å². The van der Waals surface area contributed by atoms with Gasteiger partial charge in [-0.15, -0.1) is 10.2 Å². The summed E-state index contributed by atoms with van der Waals surface area (Å²) in [5, 5.41) is 22.8. The molecule has 0 spiro atoms. The molecule has 23 heavy (non-hydrogen) atoms. The second-order valence-corrected chi connectivity index (χ2v) is 6.67. The number of rotatable bonds is 5. The second-order valence-electron chi connectivity index (χ2n) is 6.67. The maximum atomic E-state index is 10.3. The molecule has 1 aromatic carbocycles. The number of aliphatic hydroxyl groups excluding tert-OH is 1. The predicted octanol–water partition coefficient (Wildman–Crippen LogP) is 1.74. The summed E-state index contributed by atoms with van der Waals surface area (Å²) in [6, 6.07) is 8.04. The average Bonchev–Trinajstić information content (AvgIpc) is 2.98. The van der Waals surface area contributed by atoms with Gasteiger partial charge in [0.25, 0.3) is 0 Å². The number of hydrogen-bond acceptors (Lipinski definition) is 5. The molecule has 1 aliphatic rings. The molecule has 6 heteroatoms.